The molecule has 0 bridgehead atoms. The van der Waals surface area contributed by atoms with Crippen LogP contribution in [0, 0.1) is 5.92 Å². The fourth-order valence-corrected chi connectivity index (χ4v) is 3.47. The Hall–Kier alpha value is -2.28. The smallest absolute Gasteiger partial charge is 0.315 e. The summed E-state index contributed by atoms with van der Waals surface area (Å²) in [5.74, 6) is 1.80. The van der Waals surface area contributed by atoms with E-state index in [1.807, 2.05) is 30.5 Å². The van der Waals surface area contributed by atoms with E-state index in [1.165, 1.54) is 0 Å². The van der Waals surface area contributed by atoms with E-state index in [0.29, 0.717) is 30.6 Å². The Balaban J connectivity index is 1.92. The van der Waals surface area contributed by atoms with Crippen molar-refractivity contribution in [2.75, 3.05) is 13.7 Å². The molecule has 0 aliphatic rings. The predicted molar refractivity (Wildman–Crippen MR) is 118 cm³/mol. The number of rotatable bonds is 8. The molecule has 1 aromatic heterocycles. The van der Waals surface area contributed by atoms with Crippen molar-refractivity contribution in [2.45, 2.75) is 59.5 Å². The van der Waals surface area contributed by atoms with Crippen LogP contribution < -0.4 is 20.1 Å². The Labute approximate surface area is 178 Å². The number of nitrogens with one attached hydrogen (secondary N) is 2. The zero-order chi connectivity index (χ0) is 21.6. The molecule has 0 aliphatic carbocycles. The lowest BCUT2D eigenvalue weighted by atomic mass is 9.98. The average molecular weight is 420 g/mol. The molecule has 7 heteroatoms. The first-order valence-electron chi connectivity index (χ1n) is 9.90. The topological polar surface area (TPSA) is 72.5 Å². The van der Waals surface area contributed by atoms with Gasteiger partial charge in [0.1, 0.15) is 0 Å². The summed E-state index contributed by atoms with van der Waals surface area (Å²) in [6, 6.07) is 5.32. The van der Waals surface area contributed by atoms with E-state index in [0.717, 1.165) is 16.3 Å². The van der Waals surface area contributed by atoms with Gasteiger partial charge in [-0.2, -0.15) is 0 Å². The second kappa shape index (κ2) is 9.96. The minimum atomic E-state index is -0.234. The maximum atomic E-state index is 12.3. The number of benzene rings is 1. The van der Waals surface area contributed by atoms with Crippen LogP contribution in [0.2, 0.25) is 0 Å². The molecular weight excluding hydrogens is 386 g/mol. The molecule has 2 amide bonds. The number of thiazole rings is 1. The van der Waals surface area contributed by atoms with E-state index in [4.69, 9.17) is 9.47 Å². The number of urea groups is 1. The SMILES string of the molecule is COc1cc(C(C)NC(=O)NCc2csc(C(C)(C)C)n2)ccc1OCC(C)C. The standard InChI is InChI=1S/C22H33N3O3S/c1-14(2)12-28-18-9-8-16(10-19(18)27-7)15(3)24-21(26)23-11-17-13-29-20(25-17)22(4,5)6/h8-10,13-15H,11-12H2,1-7H3,(H2,23,24,26). The molecule has 1 heterocycles. The maximum Gasteiger partial charge on any atom is 0.315 e. The molecule has 2 N–H and O–H groups in total. The number of carbonyl (C=O) groups is 1. The first kappa shape index (κ1) is 23.0. The lowest BCUT2D eigenvalue weighted by molar-refractivity contribution is 0.237. The molecule has 1 aromatic carbocycles. The Kier molecular flexibility index (Phi) is 7.90. The van der Waals surface area contributed by atoms with Crippen molar-refractivity contribution in [1.82, 2.24) is 15.6 Å². The van der Waals surface area contributed by atoms with Gasteiger partial charge in [0.2, 0.25) is 0 Å². The minimum absolute atomic E-state index is 0.0177. The lowest BCUT2D eigenvalue weighted by Gasteiger charge is -2.18. The highest BCUT2D eigenvalue weighted by Gasteiger charge is 2.18. The number of hydrogen-bond donors (Lipinski definition) is 2. The largest absolute Gasteiger partial charge is 0.493 e. The van der Waals surface area contributed by atoms with Crippen LogP contribution in [0.15, 0.2) is 23.6 Å². The molecule has 0 saturated carbocycles. The summed E-state index contributed by atoms with van der Waals surface area (Å²) in [4.78, 5) is 16.9. The molecule has 2 aromatic rings. The van der Waals surface area contributed by atoms with E-state index in [1.54, 1.807) is 18.4 Å². The van der Waals surface area contributed by atoms with Gasteiger partial charge < -0.3 is 20.1 Å². The van der Waals surface area contributed by atoms with Crippen LogP contribution in [0.3, 0.4) is 0 Å². The Bertz CT molecular complexity index is 812. The molecule has 1 atom stereocenters. The molecule has 0 aliphatic heterocycles. The number of methoxy groups -OCH3 is 1. The van der Waals surface area contributed by atoms with Crippen LogP contribution in [-0.2, 0) is 12.0 Å². The fourth-order valence-electron chi connectivity index (χ4n) is 2.56. The zero-order valence-electron chi connectivity index (χ0n) is 18.5. The van der Waals surface area contributed by atoms with Gasteiger partial charge in [-0.25, -0.2) is 9.78 Å². The summed E-state index contributed by atoms with van der Waals surface area (Å²) in [5, 5.41) is 8.88. The third-order valence-corrected chi connectivity index (χ3v) is 5.55. The Morgan fingerprint density at radius 3 is 2.52 bits per heavy atom. The van der Waals surface area contributed by atoms with Crippen molar-refractivity contribution in [3.63, 3.8) is 0 Å². The Morgan fingerprint density at radius 2 is 1.93 bits per heavy atom. The third-order valence-electron chi connectivity index (χ3n) is 4.23. The van der Waals surface area contributed by atoms with E-state index >= 15 is 0 Å². The highest BCUT2D eigenvalue weighted by atomic mass is 32.1. The summed E-state index contributed by atoms with van der Waals surface area (Å²) in [7, 11) is 1.62. The molecule has 2 rings (SSSR count). The van der Waals surface area contributed by atoms with Gasteiger partial charge in [0.05, 0.1) is 37.0 Å². The second-order valence-corrected chi connectivity index (χ2v) is 9.42. The Morgan fingerprint density at radius 1 is 1.21 bits per heavy atom. The first-order valence-corrected chi connectivity index (χ1v) is 10.8. The number of nitrogens with zero attached hydrogens (tertiary/aromatic N) is 1. The first-order chi connectivity index (χ1) is 13.6. The van der Waals surface area contributed by atoms with Gasteiger partial charge >= 0.3 is 6.03 Å². The molecular formula is C22H33N3O3S. The van der Waals surface area contributed by atoms with Crippen molar-refractivity contribution in [2.24, 2.45) is 5.92 Å². The molecule has 1 unspecified atom stereocenters. The van der Waals surface area contributed by atoms with Gasteiger partial charge in [0.25, 0.3) is 0 Å². The van der Waals surface area contributed by atoms with Crippen LogP contribution >= 0.6 is 11.3 Å². The average Bonchev–Trinajstić information content (AvgIpc) is 3.14. The van der Waals surface area contributed by atoms with Crippen LogP contribution in [0.1, 0.15) is 63.8 Å². The number of carbonyl (C=O) groups excluding carboxylic acids is 1. The van der Waals surface area contributed by atoms with Gasteiger partial charge in [-0.05, 0) is 30.5 Å². The highest BCUT2D eigenvalue weighted by molar-refractivity contribution is 7.09. The fraction of sp³-hybridized carbons (Fsp3) is 0.545. The number of amides is 2. The van der Waals surface area contributed by atoms with Crippen molar-refractivity contribution in [3.05, 3.63) is 39.8 Å². The molecule has 0 saturated heterocycles. The minimum Gasteiger partial charge on any atom is -0.493 e. The van der Waals surface area contributed by atoms with Crippen LogP contribution in [0.5, 0.6) is 11.5 Å². The second-order valence-electron chi connectivity index (χ2n) is 8.56. The van der Waals surface area contributed by atoms with E-state index in [2.05, 4.69) is 50.2 Å². The highest BCUT2D eigenvalue weighted by Crippen LogP contribution is 2.30. The number of aromatic nitrogens is 1. The molecule has 29 heavy (non-hydrogen) atoms. The lowest BCUT2D eigenvalue weighted by Crippen LogP contribution is -2.36. The van der Waals surface area contributed by atoms with Crippen molar-refractivity contribution in [1.29, 1.82) is 0 Å². The molecule has 0 fully saturated rings. The summed E-state index contributed by atoms with van der Waals surface area (Å²) in [6.45, 7) is 13.5. The predicted octanol–water partition coefficient (Wildman–Crippen LogP) is 5.04. The van der Waals surface area contributed by atoms with Crippen molar-refractivity contribution >= 4 is 17.4 Å². The molecule has 0 spiro atoms. The van der Waals surface area contributed by atoms with E-state index < -0.39 is 0 Å². The number of hydrogen-bond acceptors (Lipinski definition) is 5. The zero-order valence-corrected chi connectivity index (χ0v) is 19.3. The van der Waals surface area contributed by atoms with Crippen LogP contribution in [0.4, 0.5) is 4.79 Å². The van der Waals surface area contributed by atoms with Crippen molar-refractivity contribution < 1.29 is 14.3 Å². The van der Waals surface area contributed by atoms with Gasteiger partial charge in [-0.3, -0.25) is 0 Å². The summed E-state index contributed by atoms with van der Waals surface area (Å²) in [5.41, 5.74) is 1.83. The van der Waals surface area contributed by atoms with Crippen LogP contribution in [-0.4, -0.2) is 24.7 Å². The summed E-state index contributed by atoms with van der Waals surface area (Å²) < 4.78 is 11.2. The van der Waals surface area contributed by atoms with Gasteiger partial charge in [0.15, 0.2) is 11.5 Å². The van der Waals surface area contributed by atoms with Gasteiger partial charge in [-0.15, -0.1) is 11.3 Å². The monoisotopic (exact) mass is 419 g/mol. The van der Waals surface area contributed by atoms with E-state index in [9.17, 15) is 4.79 Å². The summed E-state index contributed by atoms with van der Waals surface area (Å²) in [6.07, 6.45) is 0. The normalized spacial score (nSPS) is 12.6. The van der Waals surface area contributed by atoms with Crippen molar-refractivity contribution in [3.8, 4) is 11.5 Å². The number of ether oxygens (including phenoxy) is 2. The molecule has 160 valence electrons. The van der Waals surface area contributed by atoms with Gasteiger partial charge in [-0.1, -0.05) is 40.7 Å². The summed E-state index contributed by atoms with van der Waals surface area (Å²) >= 11 is 1.62. The van der Waals surface area contributed by atoms with Crippen LogP contribution in [0.25, 0.3) is 0 Å². The van der Waals surface area contributed by atoms with Gasteiger partial charge in [0, 0.05) is 10.8 Å². The third kappa shape index (κ3) is 6.92. The maximum absolute atomic E-state index is 12.3. The quantitative estimate of drug-likeness (QED) is 0.628. The molecule has 6 nitrogen and oxygen atoms in total. The van der Waals surface area contributed by atoms with E-state index in [-0.39, 0.29) is 17.5 Å². The molecule has 0 radical (unpaired) electrons.